The van der Waals surface area contributed by atoms with Gasteiger partial charge in [-0.05, 0) is 52.7 Å². The van der Waals surface area contributed by atoms with Crippen LogP contribution in [0.15, 0.2) is 45.8 Å². The van der Waals surface area contributed by atoms with Crippen molar-refractivity contribution in [2.75, 3.05) is 0 Å². The monoisotopic (exact) mass is 498 g/mol. The Morgan fingerprint density at radius 1 is 0.912 bits per heavy atom. The second kappa shape index (κ2) is 8.18. The average molecular weight is 499 g/mol. The number of nitrogens with zero attached hydrogens (tertiary/aromatic N) is 2. The van der Waals surface area contributed by atoms with Gasteiger partial charge in [0.1, 0.15) is 0 Å². The van der Waals surface area contributed by atoms with Gasteiger partial charge in [-0.15, -0.1) is 0 Å². The molecule has 0 amide bonds. The summed E-state index contributed by atoms with van der Waals surface area (Å²) in [5, 5.41) is 0. The van der Waals surface area contributed by atoms with Crippen LogP contribution in [0.5, 0.6) is 0 Å². The first-order valence-electron chi connectivity index (χ1n) is 10.7. The number of benzene rings is 2. The number of sulfonamides is 1. The summed E-state index contributed by atoms with van der Waals surface area (Å²) >= 11 is 0. The van der Waals surface area contributed by atoms with Crippen molar-refractivity contribution < 1.29 is 30.4 Å². The number of fused-ring (bicyclic) bond motifs is 1. The fourth-order valence-corrected chi connectivity index (χ4v) is 6.25. The Hall–Kier alpha value is -2.75. The summed E-state index contributed by atoms with van der Waals surface area (Å²) in [6.45, 7) is 6.86. The molecule has 182 valence electrons. The van der Waals surface area contributed by atoms with E-state index in [-0.39, 0.29) is 10.8 Å². The normalized spacial score (nSPS) is 22.2. The van der Waals surface area contributed by atoms with Crippen molar-refractivity contribution in [1.29, 1.82) is 0 Å². The summed E-state index contributed by atoms with van der Waals surface area (Å²) in [6, 6.07) is 4.83. The summed E-state index contributed by atoms with van der Waals surface area (Å²) in [5.74, 6) is -12.1. The van der Waals surface area contributed by atoms with E-state index < -0.39 is 62.1 Å². The van der Waals surface area contributed by atoms with E-state index in [1.807, 2.05) is 0 Å². The Kier molecular flexibility index (Phi) is 5.86. The number of halogens is 5. The van der Waals surface area contributed by atoms with Gasteiger partial charge in [0, 0.05) is 5.92 Å². The van der Waals surface area contributed by atoms with E-state index in [9.17, 15) is 30.4 Å². The van der Waals surface area contributed by atoms with Gasteiger partial charge in [-0.3, -0.25) is 4.99 Å². The molecule has 34 heavy (non-hydrogen) atoms. The van der Waals surface area contributed by atoms with Crippen molar-refractivity contribution in [1.82, 2.24) is 4.31 Å². The molecule has 0 fully saturated rings. The number of allylic oxidation sites excluding steroid dienone is 1. The van der Waals surface area contributed by atoms with Crippen molar-refractivity contribution in [3.05, 3.63) is 76.1 Å². The number of hydrogen-bond acceptors (Lipinski definition) is 3. The van der Waals surface area contributed by atoms with Crippen molar-refractivity contribution >= 4 is 15.9 Å². The molecule has 0 unspecified atom stereocenters. The first kappa shape index (κ1) is 24.4. The van der Waals surface area contributed by atoms with Gasteiger partial charge in [0.25, 0.3) is 10.0 Å². The third-order valence-corrected chi connectivity index (χ3v) is 8.31. The lowest BCUT2D eigenvalue weighted by Crippen LogP contribution is -2.58. The Labute approximate surface area is 194 Å². The molecule has 0 bridgehead atoms. The number of hydrogen-bond donors (Lipinski definition) is 0. The van der Waals surface area contributed by atoms with Gasteiger partial charge in [-0.1, -0.05) is 29.3 Å². The third-order valence-electron chi connectivity index (χ3n) is 6.51. The fourth-order valence-electron chi connectivity index (χ4n) is 4.66. The first-order valence-corrected chi connectivity index (χ1v) is 12.1. The van der Waals surface area contributed by atoms with Gasteiger partial charge < -0.3 is 0 Å². The van der Waals surface area contributed by atoms with Crippen LogP contribution in [0.25, 0.3) is 0 Å². The number of aliphatic imine (C=N–C) groups is 1. The van der Waals surface area contributed by atoms with Crippen molar-refractivity contribution in [2.24, 2.45) is 10.9 Å². The Balaban J connectivity index is 2.07. The van der Waals surface area contributed by atoms with Crippen LogP contribution >= 0.6 is 0 Å². The Morgan fingerprint density at radius 2 is 1.44 bits per heavy atom. The molecule has 1 heterocycles. The molecule has 2 aromatic rings. The highest BCUT2D eigenvalue weighted by Crippen LogP contribution is 2.44. The van der Waals surface area contributed by atoms with Crippen LogP contribution in [0.2, 0.25) is 0 Å². The topological polar surface area (TPSA) is 49.7 Å². The highest BCUT2D eigenvalue weighted by Gasteiger charge is 2.50. The van der Waals surface area contributed by atoms with Crippen LogP contribution in [0.3, 0.4) is 0 Å². The molecule has 0 radical (unpaired) electrons. The molecular formula is C24H23F5N2O2S. The van der Waals surface area contributed by atoms with Crippen molar-refractivity contribution in [3.8, 4) is 0 Å². The summed E-state index contributed by atoms with van der Waals surface area (Å²) in [7, 11) is -4.50. The van der Waals surface area contributed by atoms with Crippen molar-refractivity contribution in [3.63, 3.8) is 0 Å². The van der Waals surface area contributed by atoms with Crippen LogP contribution in [0.1, 0.15) is 44.7 Å². The van der Waals surface area contributed by atoms with E-state index in [1.54, 1.807) is 45.9 Å². The zero-order valence-electron chi connectivity index (χ0n) is 19.0. The van der Waals surface area contributed by atoms with Crippen LogP contribution in [-0.4, -0.2) is 30.1 Å². The third kappa shape index (κ3) is 3.72. The SMILES string of the molecule is CC1=C[C@H]2[C@@H](CC1)C(C)(C)N=C(c1c(F)c(F)c(F)c(F)c1F)N2S(=O)(=O)c1ccc(C)cc1. The van der Waals surface area contributed by atoms with Gasteiger partial charge in [0.15, 0.2) is 29.1 Å². The second-order valence-electron chi connectivity index (χ2n) is 9.30. The summed E-state index contributed by atoms with van der Waals surface area (Å²) in [6.07, 6.45) is 2.87. The van der Waals surface area contributed by atoms with Gasteiger partial charge in [0.05, 0.1) is 22.0 Å². The maximum Gasteiger partial charge on any atom is 0.266 e. The molecule has 0 N–H and O–H groups in total. The van der Waals surface area contributed by atoms with Crippen LogP contribution in [-0.2, 0) is 10.0 Å². The van der Waals surface area contributed by atoms with E-state index in [2.05, 4.69) is 4.99 Å². The minimum atomic E-state index is -4.50. The maximum absolute atomic E-state index is 14.9. The standard InChI is InChI=1S/C24H23F5N2O2S/c1-12-5-8-14(9-6-12)34(32,33)31-16-11-13(2)7-10-15(16)24(3,4)30-23(31)17-18(25)20(27)22(29)21(28)19(17)26/h5-6,8-9,11,15-16H,7,10H2,1-4H3/t15-,16+/m1/s1. The Morgan fingerprint density at radius 3 is 2.00 bits per heavy atom. The zero-order valence-corrected chi connectivity index (χ0v) is 19.8. The van der Waals surface area contributed by atoms with Gasteiger partial charge in [-0.2, -0.15) is 0 Å². The van der Waals surface area contributed by atoms with Crippen LogP contribution in [0, 0.1) is 41.9 Å². The van der Waals surface area contributed by atoms with Crippen LogP contribution in [0.4, 0.5) is 22.0 Å². The maximum atomic E-state index is 14.9. The van der Waals surface area contributed by atoms with Gasteiger partial charge in [-0.25, -0.2) is 34.7 Å². The predicted octanol–water partition coefficient (Wildman–Crippen LogP) is 5.65. The molecule has 0 aromatic heterocycles. The minimum absolute atomic E-state index is 0.190. The molecule has 1 aliphatic heterocycles. The van der Waals surface area contributed by atoms with E-state index in [0.29, 0.717) is 17.1 Å². The number of amidine groups is 1. The van der Waals surface area contributed by atoms with E-state index in [1.165, 1.54) is 12.1 Å². The molecule has 10 heteroatoms. The quantitative estimate of drug-likeness (QED) is 0.238. The smallest absolute Gasteiger partial charge is 0.260 e. The molecule has 2 aromatic carbocycles. The highest BCUT2D eigenvalue weighted by atomic mass is 32.2. The molecule has 4 nitrogen and oxygen atoms in total. The summed E-state index contributed by atoms with van der Waals surface area (Å²) in [4.78, 5) is 4.13. The minimum Gasteiger partial charge on any atom is -0.260 e. The zero-order chi connectivity index (χ0) is 25.2. The molecule has 2 aliphatic rings. The summed E-state index contributed by atoms with van der Waals surface area (Å²) in [5.41, 5.74) is -0.787. The highest BCUT2D eigenvalue weighted by molar-refractivity contribution is 7.89. The Bertz CT molecular complexity index is 1310. The van der Waals surface area contributed by atoms with E-state index >= 15 is 0 Å². The second-order valence-corrected chi connectivity index (χ2v) is 11.1. The molecule has 1 aliphatic carbocycles. The predicted molar refractivity (Wildman–Crippen MR) is 117 cm³/mol. The fraction of sp³-hybridized carbons (Fsp3) is 0.375. The van der Waals surface area contributed by atoms with Gasteiger partial charge in [0.2, 0.25) is 5.82 Å². The van der Waals surface area contributed by atoms with Crippen LogP contribution < -0.4 is 0 Å². The molecule has 4 rings (SSSR count). The van der Waals surface area contributed by atoms with Gasteiger partial charge >= 0.3 is 0 Å². The lowest BCUT2D eigenvalue weighted by Gasteiger charge is -2.48. The lowest BCUT2D eigenvalue weighted by molar-refractivity contribution is 0.198. The van der Waals surface area contributed by atoms with E-state index in [0.717, 1.165) is 11.1 Å². The molecule has 0 saturated carbocycles. The molecular weight excluding hydrogens is 475 g/mol. The number of aryl methyl sites for hydroxylation is 1. The first-order chi connectivity index (χ1) is 15.8. The number of rotatable bonds is 3. The molecule has 0 spiro atoms. The lowest BCUT2D eigenvalue weighted by atomic mass is 9.73. The van der Waals surface area contributed by atoms with Crippen molar-refractivity contribution in [2.45, 2.75) is 57.0 Å². The molecule has 0 saturated heterocycles. The average Bonchev–Trinajstić information content (AvgIpc) is 2.76. The summed E-state index contributed by atoms with van der Waals surface area (Å²) < 4.78 is 100. The molecule has 2 atom stereocenters. The van der Waals surface area contributed by atoms with E-state index in [4.69, 9.17) is 0 Å². The largest absolute Gasteiger partial charge is 0.266 e.